The fourth-order valence-corrected chi connectivity index (χ4v) is 11.7. The minimum absolute atomic E-state index is 0.0141. The summed E-state index contributed by atoms with van der Waals surface area (Å²) in [5.41, 5.74) is -1.20. The smallest absolute Gasteiger partial charge is 0.326 e. The number of carboxylic acids is 1. The summed E-state index contributed by atoms with van der Waals surface area (Å²) in [4.78, 5) is 39.4. The van der Waals surface area contributed by atoms with Gasteiger partial charge in [0.1, 0.15) is 6.04 Å². The van der Waals surface area contributed by atoms with Gasteiger partial charge in [0.2, 0.25) is 11.7 Å². The first-order valence-electron chi connectivity index (χ1n) is 16.3. The molecule has 3 N–H and O–H groups in total. The van der Waals surface area contributed by atoms with Gasteiger partial charge < -0.3 is 15.5 Å². The maximum Gasteiger partial charge on any atom is 0.326 e. The summed E-state index contributed by atoms with van der Waals surface area (Å²) in [6.45, 7) is 19.7. The Balaban J connectivity index is 1.54. The van der Waals surface area contributed by atoms with Crippen molar-refractivity contribution in [1.29, 1.82) is 0 Å². The van der Waals surface area contributed by atoms with Crippen LogP contribution in [0, 0.1) is 62.1 Å². The van der Waals surface area contributed by atoms with Crippen molar-refractivity contribution in [1.82, 2.24) is 5.32 Å². The van der Waals surface area contributed by atoms with Gasteiger partial charge in [-0.25, -0.2) is 4.79 Å². The van der Waals surface area contributed by atoms with Gasteiger partial charge in [-0.05, 0) is 115 Å². The van der Waals surface area contributed by atoms with Gasteiger partial charge in [0.25, 0.3) is 0 Å². The number of hydrogen-bond donors (Lipinski definition) is 3. The van der Waals surface area contributed by atoms with E-state index in [1.807, 2.05) is 33.8 Å². The van der Waals surface area contributed by atoms with Crippen molar-refractivity contribution in [3.05, 3.63) is 11.8 Å². The van der Waals surface area contributed by atoms with E-state index in [0.717, 1.165) is 57.8 Å². The minimum atomic E-state index is -0.957. The summed E-state index contributed by atoms with van der Waals surface area (Å²) in [6, 6.07) is -0.874. The molecule has 0 radical (unpaired) electrons. The molecule has 4 saturated carbocycles. The number of carbonyl (C=O) groups excluding carboxylic acids is 2. The number of rotatable bonds is 4. The highest BCUT2D eigenvalue weighted by molar-refractivity contribution is 5.98. The fourth-order valence-electron chi connectivity index (χ4n) is 11.7. The van der Waals surface area contributed by atoms with Crippen LogP contribution in [0.2, 0.25) is 0 Å². The standard InChI is InChI=1S/C35H55NO5/c1-20(2)26(28(39)40)36-29(41)35-16-14-30(3,4)18-22(35)21-10-11-25-32(7)19-23(37)27(38)31(5,6)24(32)12-13-34(25,9)33(21,8)15-17-35/h19-22,24-26,37H,10-18H2,1-9H3,(H,36,41)(H,39,40)/t21-,22-,24+,25-,26-,32+,33-,34-,35+/m1/s1. The molecule has 6 heteroatoms. The van der Waals surface area contributed by atoms with Gasteiger partial charge in [-0.1, -0.05) is 62.3 Å². The Hall–Kier alpha value is -1.85. The quantitative estimate of drug-likeness (QED) is 0.329. The van der Waals surface area contributed by atoms with E-state index in [2.05, 4.69) is 39.9 Å². The topological polar surface area (TPSA) is 104 Å². The molecule has 5 rings (SSSR count). The van der Waals surface area contributed by atoms with Gasteiger partial charge in [-0.3, -0.25) is 9.59 Å². The first-order chi connectivity index (χ1) is 18.8. The summed E-state index contributed by atoms with van der Waals surface area (Å²) in [7, 11) is 0. The van der Waals surface area contributed by atoms with Crippen molar-refractivity contribution < 1.29 is 24.6 Å². The molecule has 4 fully saturated rings. The highest BCUT2D eigenvalue weighted by Crippen LogP contribution is 2.76. The predicted octanol–water partition coefficient (Wildman–Crippen LogP) is 7.32. The molecular formula is C35H55NO5. The first kappa shape index (κ1) is 30.6. The van der Waals surface area contributed by atoms with Crippen LogP contribution in [-0.2, 0) is 14.4 Å². The number of carboxylic acid groups (broad SMARTS) is 1. The molecule has 0 aliphatic heterocycles. The van der Waals surface area contributed by atoms with Gasteiger partial charge >= 0.3 is 5.97 Å². The van der Waals surface area contributed by atoms with Gasteiger partial charge in [0, 0.05) is 5.41 Å². The SMILES string of the molecule is CC(C)[C@@H](NC(=O)[C@]12CCC(C)(C)C[C@@H]1[C@H]1CC[C@@H]3[C@@]4(C)C=C(O)C(=O)C(C)(C)[C@@H]4CC[C@@]3(C)[C@]1(C)CC2)C(=O)O. The maximum absolute atomic E-state index is 14.3. The molecule has 0 saturated heterocycles. The third-order valence-electron chi connectivity index (χ3n) is 14.2. The summed E-state index contributed by atoms with van der Waals surface area (Å²) in [6.07, 6.45) is 10.5. The molecule has 0 unspecified atom stereocenters. The number of Topliss-reactive ketones (excluding diaryl/α,β-unsaturated/α-hetero) is 1. The molecule has 41 heavy (non-hydrogen) atoms. The van der Waals surface area contributed by atoms with Crippen molar-refractivity contribution in [2.45, 2.75) is 126 Å². The number of nitrogens with one attached hydrogen (secondary N) is 1. The second-order valence-corrected chi connectivity index (χ2v) is 17.3. The molecule has 0 aromatic carbocycles. The average Bonchev–Trinajstić information content (AvgIpc) is 2.85. The Morgan fingerprint density at radius 1 is 0.854 bits per heavy atom. The van der Waals surface area contributed by atoms with E-state index >= 15 is 0 Å². The Kier molecular flexibility index (Phi) is 6.96. The second-order valence-electron chi connectivity index (χ2n) is 17.3. The monoisotopic (exact) mass is 569 g/mol. The van der Waals surface area contributed by atoms with Crippen LogP contribution in [-0.4, -0.2) is 33.9 Å². The van der Waals surface area contributed by atoms with Gasteiger partial charge in [-0.15, -0.1) is 0 Å². The zero-order chi connectivity index (χ0) is 30.6. The molecule has 5 aliphatic rings. The number of allylic oxidation sites excluding steroid dienone is 2. The molecule has 230 valence electrons. The summed E-state index contributed by atoms with van der Waals surface area (Å²) in [5.74, 6) is -0.224. The van der Waals surface area contributed by atoms with E-state index in [0.29, 0.717) is 11.8 Å². The molecule has 0 aromatic rings. The Morgan fingerprint density at radius 3 is 2.10 bits per heavy atom. The molecule has 9 atom stereocenters. The highest BCUT2D eigenvalue weighted by atomic mass is 16.4. The molecular weight excluding hydrogens is 514 g/mol. The number of aliphatic hydroxyl groups is 1. The van der Waals surface area contributed by atoms with E-state index in [4.69, 9.17) is 0 Å². The Morgan fingerprint density at radius 2 is 1.49 bits per heavy atom. The fraction of sp³-hybridized carbons (Fsp3) is 0.857. The molecule has 0 spiro atoms. The molecule has 6 nitrogen and oxygen atoms in total. The van der Waals surface area contributed by atoms with Crippen LogP contribution in [0.3, 0.4) is 0 Å². The van der Waals surface area contributed by atoms with E-state index < -0.39 is 22.8 Å². The van der Waals surface area contributed by atoms with E-state index in [1.165, 1.54) is 0 Å². The summed E-state index contributed by atoms with van der Waals surface area (Å²) >= 11 is 0. The van der Waals surface area contributed by atoms with E-state index in [-0.39, 0.29) is 56.9 Å². The lowest BCUT2D eigenvalue weighted by Crippen LogP contribution is -2.68. The molecule has 0 heterocycles. The van der Waals surface area contributed by atoms with Crippen LogP contribution in [0.5, 0.6) is 0 Å². The third kappa shape index (κ3) is 4.11. The number of aliphatic carboxylic acids is 1. The lowest BCUT2D eigenvalue weighted by Gasteiger charge is -2.72. The van der Waals surface area contributed by atoms with E-state index in [9.17, 15) is 24.6 Å². The van der Waals surface area contributed by atoms with Crippen LogP contribution in [0.15, 0.2) is 11.8 Å². The Labute approximate surface area is 247 Å². The maximum atomic E-state index is 14.3. The van der Waals surface area contributed by atoms with Crippen molar-refractivity contribution in [3.63, 3.8) is 0 Å². The second kappa shape index (κ2) is 9.32. The minimum Gasteiger partial charge on any atom is -0.505 e. The van der Waals surface area contributed by atoms with Crippen molar-refractivity contribution in [3.8, 4) is 0 Å². The number of fused-ring (bicyclic) bond motifs is 7. The van der Waals surface area contributed by atoms with Crippen LogP contribution in [0.25, 0.3) is 0 Å². The van der Waals surface area contributed by atoms with Gasteiger partial charge in [-0.2, -0.15) is 0 Å². The predicted molar refractivity (Wildman–Crippen MR) is 160 cm³/mol. The number of amides is 1. The zero-order valence-corrected chi connectivity index (χ0v) is 27.0. The Bertz CT molecular complexity index is 1170. The highest BCUT2D eigenvalue weighted by Gasteiger charge is 2.71. The number of ketones is 1. The van der Waals surface area contributed by atoms with Crippen LogP contribution < -0.4 is 5.32 Å². The lowest BCUT2D eigenvalue weighted by molar-refractivity contribution is -0.229. The van der Waals surface area contributed by atoms with Crippen molar-refractivity contribution >= 4 is 17.7 Å². The average molecular weight is 570 g/mol. The lowest BCUT2D eigenvalue weighted by atomic mass is 9.32. The summed E-state index contributed by atoms with van der Waals surface area (Å²) < 4.78 is 0. The molecule has 5 aliphatic carbocycles. The van der Waals surface area contributed by atoms with Crippen molar-refractivity contribution in [2.24, 2.45) is 62.1 Å². The van der Waals surface area contributed by atoms with Crippen molar-refractivity contribution in [2.75, 3.05) is 0 Å². The van der Waals surface area contributed by atoms with Crippen LogP contribution in [0.1, 0.15) is 120 Å². The van der Waals surface area contributed by atoms with Gasteiger partial charge in [0.15, 0.2) is 5.76 Å². The number of carbonyl (C=O) groups is 3. The van der Waals surface area contributed by atoms with Crippen LogP contribution in [0.4, 0.5) is 0 Å². The normalized spacial score (nSPS) is 45.3. The molecule has 0 aromatic heterocycles. The number of aliphatic hydroxyl groups excluding tert-OH is 1. The van der Waals surface area contributed by atoms with Gasteiger partial charge in [0.05, 0.1) is 5.41 Å². The summed E-state index contributed by atoms with van der Waals surface area (Å²) in [5, 5.41) is 23.8. The van der Waals surface area contributed by atoms with Crippen LogP contribution >= 0.6 is 0 Å². The molecule has 0 bridgehead atoms. The zero-order valence-electron chi connectivity index (χ0n) is 27.0. The first-order valence-corrected chi connectivity index (χ1v) is 16.3. The largest absolute Gasteiger partial charge is 0.505 e. The van der Waals surface area contributed by atoms with E-state index in [1.54, 1.807) is 0 Å². The third-order valence-corrected chi connectivity index (χ3v) is 14.2. The molecule has 1 amide bonds. The number of hydrogen-bond acceptors (Lipinski definition) is 4.